The van der Waals surface area contributed by atoms with Gasteiger partial charge in [-0.1, -0.05) is 0 Å². The van der Waals surface area contributed by atoms with Crippen LogP contribution in [0.4, 0.5) is 0 Å². The molecule has 90 valence electrons. The Kier molecular flexibility index (Phi) is 6.54. The fourth-order valence-electron chi connectivity index (χ4n) is 1.64. The van der Waals surface area contributed by atoms with Crippen LogP contribution in [0, 0.1) is 17.2 Å². The summed E-state index contributed by atoms with van der Waals surface area (Å²) in [7, 11) is 0. The first kappa shape index (κ1) is 12.9. The first-order chi connectivity index (χ1) is 7.83. The number of ether oxygens (including phenoxy) is 1. The minimum Gasteiger partial charge on any atom is -0.381 e. The molecule has 1 atom stereocenters. The lowest BCUT2D eigenvalue weighted by Crippen LogP contribution is -2.35. The Labute approximate surface area is 96.2 Å². The van der Waals surface area contributed by atoms with Gasteiger partial charge in [-0.2, -0.15) is 5.26 Å². The number of nitriles is 1. The second-order valence-electron chi connectivity index (χ2n) is 3.95. The van der Waals surface area contributed by atoms with Crippen LogP contribution in [-0.4, -0.2) is 38.8 Å². The molecule has 0 spiro atoms. The van der Waals surface area contributed by atoms with Crippen molar-refractivity contribution in [3.63, 3.8) is 0 Å². The maximum Gasteiger partial charge on any atom is 0.233 e. The average molecular weight is 225 g/mol. The molecule has 0 saturated carbocycles. The van der Waals surface area contributed by atoms with Crippen molar-refractivity contribution in [2.45, 2.75) is 19.3 Å². The van der Waals surface area contributed by atoms with Crippen molar-refractivity contribution < 1.29 is 9.53 Å². The Morgan fingerprint density at radius 3 is 3.06 bits per heavy atom. The van der Waals surface area contributed by atoms with Gasteiger partial charge in [-0.3, -0.25) is 4.79 Å². The van der Waals surface area contributed by atoms with E-state index < -0.39 is 0 Å². The molecular formula is C11H19N3O2. The van der Waals surface area contributed by atoms with Crippen LogP contribution >= 0.6 is 0 Å². The minimum atomic E-state index is -0.0436. The Bertz CT molecular complexity index is 244. The molecule has 0 radical (unpaired) electrons. The van der Waals surface area contributed by atoms with E-state index >= 15 is 0 Å². The lowest BCUT2D eigenvalue weighted by atomic mass is 10.1. The molecular weight excluding hydrogens is 206 g/mol. The standard InChI is InChI=1S/C11H19N3O2/c12-4-1-5-14-11(15)8-13-6-2-10-3-7-16-9-10/h10,13H,1-3,5-9H2,(H,14,15). The van der Waals surface area contributed by atoms with Crippen LogP contribution in [0.15, 0.2) is 0 Å². The zero-order valence-electron chi connectivity index (χ0n) is 9.50. The molecule has 5 nitrogen and oxygen atoms in total. The lowest BCUT2D eigenvalue weighted by Gasteiger charge is -2.08. The van der Waals surface area contributed by atoms with E-state index in [1.54, 1.807) is 0 Å². The SMILES string of the molecule is N#CCCNC(=O)CNCCC1CCOC1. The molecule has 1 saturated heterocycles. The second kappa shape index (κ2) is 8.08. The van der Waals surface area contributed by atoms with Gasteiger partial charge in [0.25, 0.3) is 0 Å². The highest BCUT2D eigenvalue weighted by atomic mass is 16.5. The lowest BCUT2D eigenvalue weighted by molar-refractivity contribution is -0.120. The first-order valence-electron chi connectivity index (χ1n) is 5.75. The quantitative estimate of drug-likeness (QED) is 0.600. The number of carbonyl (C=O) groups is 1. The van der Waals surface area contributed by atoms with Gasteiger partial charge >= 0.3 is 0 Å². The molecule has 1 aliphatic rings. The second-order valence-corrected chi connectivity index (χ2v) is 3.95. The highest BCUT2D eigenvalue weighted by Gasteiger charge is 2.14. The molecule has 0 aliphatic carbocycles. The Balaban J connectivity index is 1.90. The summed E-state index contributed by atoms with van der Waals surface area (Å²) in [4.78, 5) is 11.2. The number of rotatable bonds is 7. The summed E-state index contributed by atoms with van der Waals surface area (Å²) in [6.45, 7) is 3.35. The number of nitrogens with zero attached hydrogens (tertiary/aromatic N) is 1. The third kappa shape index (κ3) is 5.69. The maximum atomic E-state index is 11.2. The van der Waals surface area contributed by atoms with Crippen LogP contribution in [-0.2, 0) is 9.53 Å². The molecule has 1 heterocycles. The van der Waals surface area contributed by atoms with Crippen LogP contribution in [0.5, 0.6) is 0 Å². The van der Waals surface area contributed by atoms with Crippen molar-refractivity contribution in [3.05, 3.63) is 0 Å². The van der Waals surface area contributed by atoms with Crippen molar-refractivity contribution in [3.8, 4) is 6.07 Å². The molecule has 1 unspecified atom stereocenters. The number of carbonyl (C=O) groups excluding carboxylic acids is 1. The third-order valence-electron chi connectivity index (χ3n) is 2.60. The Morgan fingerprint density at radius 1 is 1.50 bits per heavy atom. The van der Waals surface area contributed by atoms with Gasteiger partial charge in [0.2, 0.25) is 5.91 Å². The van der Waals surface area contributed by atoms with Gasteiger partial charge in [0.1, 0.15) is 0 Å². The molecule has 1 fully saturated rings. The average Bonchev–Trinajstić information content (AvgIpc) is 2.78. The molecule has 0 bridgehead atoms. The zero-order chi connectivity index (χ0) is 11.6. The van der Waals surface area contributed by atoms with E-state index in [1.807, 2.05) is 6.07 Å². The van der Waals surface area contributed by atoms with Gasteiger partial charge in [0, 0.05) is 19.8 Å². The van der Waals surface area contributed by atoms with Crippen molar-refractivity contribution in [2.24, 2.45) is 5.92 Å². The molecule has 5 heteroatoms. The molecule has 1 rings (SSSR count). The van der Waals surface area contributed by atoms with Crippen molar-refractivity contribution in [1.29, 1.82) is 5.26 Å². The predicted octanol–water partition coefficient (Wildman–Crippen LogP) is 0.0325. The monoisotopic (exact) mass is 225 g/mol. The van der Waals surface area contributed by atoms with Gasteiger partial charge in [-0.05, 0) is 25.3 Å². The topological polar surface area (TPSA) is 74.2 Å². The van der Waals surface area contributed by atoms with Gasteiger partial charge in [0.15, 0.2) is 0 Å². The highest BCUT2D eigenvalue weighted by molar-refractivity contribution is 5.77. The van der Waals surface area contributed by atoms with Crippen molar-refractivity contribution in [1.82, 2.24) is 10.6 Å². The Morgan fingerprint density at radius 2 is 2.38 bits per heavy atom. The van der Waals surface area contributed by atoms with Gasteiger partial charge in [0.05, 0.1) is 19.0 Å². The van der Waals surface area contributed by atoms with Gasteiger partial charge < -0.3 is 15.4 Å². The molecule has 2 N–H and O–H groups in total. The van der Waals surface area contributed by atoms with E-state index in [0.29, 0.717) is 25.4 Å². The summed E-state index contributed by atoms with van der Waals surface area (Å²) in [6.07, 6.45) is 2.56. The molecule has 0 aromatic heterocycles. The van der Waals surface area contributed by atoms with Crippen LogP contribution < -0.4 is 10.6 Å². The maximum absolute atomic E-state index is 11.2. The summed E-state index contributed by atoms with van der Waals surface area (Å²) in [5.74, 6) is 0.604. The van der Waals surface area contributed by atoms with Crippen LogP contribution in [0.2, 0.25) is 0 Å². The summed E-state index contributed by atoms with van der Waals surface area (Å²) < 4.78 is 5.26. The summed E-state index contributed by atoms with van der Waals surface area (Å²) >= 11 is 0. The number of amides is 1. The number of nitrogens with one attached hydrogen (secondary N) is 2. The van der Waals surface area contributed by atoms with E-state index in [-0.39, 0.29) is 5.91 Å². The number of hydrogen-bond donors (Lipinski definition) is 2. The fourth-order valence-corrected chi connectivity index (χ4v) is 1.64. The predicted molar refractivity (Wildman–Crippen MR) is 59.7 cm³/mol. The zero-order valence-corrected chi connectivity index (χ0v) is 9.50. The molecule has 16 heavy (non-hydrogen) atoms. The molecule has 0 aromatic carbocycles. The molecule has 1 aliphatic heterocycles. The Hall–Kier alpha value is -1.12. The molecule has 1 amide bonds. The smallest absolute Gasteiger partial charge is 0.233 e. The van der Waals surface area contributed by atoms with E-state index in [0.717, 1.165) is 32.6 Å². The van der Waals surface area contributed by atoms with E-state index in [9.17, 15) is 4.79 Å². The van der Waals surface area contributed by atoms with Crippen LogP contribution in [0.3, 0.4) is 0 Å². The van der Waals surface area contributed by atoms with Crippen molar-refractivity contribution in [2.75, 3.05) is 32.8 Å². The van der Waals surface area contributed by atoms with Crippen LogP contribution in [0.25, 0.3) is 0 Å². The largest absolute Gasteiger partial charge is 0.381 e. The van der Waals surface area contributed by atoms with Crippen LogP contribution in [0.1, 0.15) is 19.3 Å². The first-order valence-corrected chi connectivity index (χ1v) is 5.75. The van der Waals surface area contributed by atoms with Crippen molar-refractivity contribution >= 4 is 5.91 Å². The highest BCUT2D eigenvalue weighted by Crippen LogP contribution is 2.14. The molecule has 0 aromatic rings. The van der Waals surface area contributed by atoms with E-state index in [4.69, 9.17) is 10.00 Å². The summed E-state index contributed by atoms with van der Waals surface area (Å²) in [5.41, 5.74) is 0. The minimum absolute atomic E-state index is 0.0436. The summed E-state index contributed by atoms with van der Waals surface area (Å²) in [5, 5.41) is 14.0. The van der Waals surface area contributed by atoms with Gasteiger partial charge in [-0.15, -0.1) is 0 Å². The van der Waals surface area contributed by atoms with Gasteiger partial charge in [-0.25, -0.2) is 0 Å². The normalized spacial score (nSPS) is 19.3. The van der Waals surface area contributed by atoms with E-state index in [1.165, 1.54) is 0 Å². The summed E-state index contributed by atoms with van der Waals surface area (Å²) in [6, 6.07) is 1.98. The van der Waals surface area contributed by atoms with E-state index in [2.05, 4.69) is 10.6 Å². The number of hydrogen-bond acceptors (Lipinski definition) is 4. The fraction of sp³-hybridized carbons (Fsp3) is 0.818. The third-order valence-corrected chi connectivity index (χ3v) is 2.60.